The van der Waals surface area contributed by atoms with Crippen LogP contribution in [0.1, 0.15) is 94.9 Å². The van der Waals surface area contributed by atoms with Crippen molar-refractivity contribution in [3.8, 4) is 0 Å². The van der Waals surface area contributed by atoms with E-state index in [0.717, 1.165) is 0 Å². The van der Waals surface area contributed by atoms with E-state index in [9.17, 15) is 50.4 Å². The minimum atomic E-state index is -2.06. The highest BCUT2D eigenvalue weighted by Gasteiger charge is 2.55. The summed E-state index contributed by atoms with van der Waals surface area (Å²) in [6.45, 7) is 15.2. The molecule has 0 aromatic rings. The van der Waals surface area contributed by atoms with Crippen molar-refractivity contribution in [2.24, 2.45) is 23.7 Å². The molecule has 0 saturated carbocycles. The van der Waals surface area contributed by atoms with E-state index in [1.54, 1.807) is 55.6 Å². The summed E-state index contributed by atoms with van der Waals surface area (Å²) in [7, 11) is 5.04. The average Bonchev–Trinajstić information content (AvgIpc) is 3.21. The smallest absolute Gasteiger partial charge is 0.311 e. The zero-order valence-electron chi connectivity index (χ0n) is 38.7. The predicted octanol–water partition coefficient (Wildman–Crippen LogP) is -0.390. The molecule has 0 aromatic heterocycles. The minimum Gasteiger partial charge on any atom is -0.459 e. The number of hydrogen-bond donors (Lipinski definition) is 8. The van der Waals surface area contributed by atoms with Crippen molar-refractivity contribution in [2.75, 3.05) is 27.8 Å². The van der Waals surface area contributed by atoms with Gasteiger partial charge in [-0.15, -0.1) is 0 Å². The lowest BCUT2D eigenvalue weighted by Crippen LogP contribution is -2.64. The lowest BCUT2D eigenvalue weighted by molar-refractivity contribution is -0.362. The van der Waals surface area contributed by atoms with Crippen molar-refractivity contribution in [3.05, 3.63) is 0 Å². The molecular formula is C43H77NO18. The molecule has 19 nitrogen and oxygen atoms in total. The van der Waals surface area contributed by atoms with Gasteiger partial charge in [0.2, 0.25) is 0 Å². The van der Waals surface area contributed by atoms with Crippen LogP contribution in [-0.4, -0.2) is 200 Å². The molecule has 4 aliphatic rings. The summed E-state index contributed by atoms with van der Waals surface area (Å²) in [6.07, 6.45) is -19.2. The number of esters is 1. The minimum absolute atomic E-state index is 0.0204. The van der Waals surface area contributed by atoms with Gasteiger partial charge in [0.25, 0.3) is 0 Å². The van der Waals surface area contributed by atoms with Gasteiger partial charge in [-0.3, -0.25) is 9.59 Å². The topological polar surface area (TPSA) is 273 Å². The summed E-state index contributed by atoms with van der Waals surface area (Å²) in [5, 5.41) is 89.1. The first-order valence-corrected chi connectivity index (χ1v) is 22.0. The number of likely N-dealkylation sites (N-methyl/N-ethyl adjacent to an activating group) is 1. The Morgan fingerprint density at radius 2 is 1.40 bits per heavy atom. The van der Waals surface area contributed by atoms with Gasteiger partial charge in [-0.05, 0) is 74.9 Å². The predicted molar refractivity (Wildman–Crippen MR) is 219 cm³/mol. The van der Waals surface area contributed by atoms with E-state index in [2.05, 4.69) is 0 Å². The van der Waals surface area contributed by atoms with Crippen molar-refractivity contribution in [3.63, 3.8) is 0 Å². The molecule has 4 aliphatic heterocycles. The van der Waals surface area contributed by atoms with Crippen LogP contribution in [0.3, 0.4) is 0 Å². The number of ketones is 1. The monoisotopic (exact) mass is 896 g/mol. The summed E-state index contributed by atoms with van der Waals surface area (Å²) in [4.78, 5) is 30.3. The second kappa shape index (κ2) is 21.0. The number of methoxy groups -OCH3 is 1. The second-order valence-corrected chi connectivity index (χ2v) is 19.3. The van der Waals surface area contributed by atoms with Gasteiger partial charge in [-0.1, -0.05) is 27.7 Å². The van der Waals surface area contributed by atoms with Crippen LogP contribution in [-0.2, 0) is 47.5 Å². The van der Waals surface area contributed by atoms with Gasteiger partial charge in [0.05, 0.1) is 54.2 Å². The Bertz CT molecular complexity index is 1470. The highest BCUT2D eigenvalue weighted by Crippen LogP contribution is 2.41. The first-order valence-electron chi connectivity index (χ1n) is 22.0. The van der Waals surface area contributed by atoms with Gasteiger partial charge in [0.15, 0.2) is 18.9 Å². The van der Waals surface area contributed by atoms with Gasteiger partial charge in [-0.2, -0.15) is 0 Å². The summed E-state index contributed by atoms with van der Waals surface area (Å²) in [6, 6.07) is -0.507. The van der Waals surface area contributed by atoms with Crippen LogP contribution in [0.4, 0.5) is 0 Å². The molecule has 0 aliphatic carbocycles. The van der Waals surface area contributed by atoms with Gasteiger partial charge >= 0.3 is 5.97 Å². The van der Waals surface area contributed by atoms with Crippen molar-refractivity contribution < 1.29 is 88.3 Å². The molecule has 0 spiro atoms. The van der Waals surface area contributed by atoms with E-state index in [1.165, 1.54) is 27.9 Å². The van der Waals surface area contributed by atoms with Crippen LogP contribution in [0.15, 0.2) is 0 Å². The number of cyclic esters (lactones) is 1. The highest BCUT2D eigenvalue weighted by atomic mass is 16.8. The maximum Gasteiger partial charge on any atom is 0.311 e. The zero-order valence-corrected chi connectivity index (χ0v) is 38.7. The first kappa shape index (κ1) is 53.1. The normalized spacial score (nSPS) is 50.5. The molecule has 4 fully saturated rings. The molecule has 62 heavy (non-hydrogen) atoms. The van der Waals surface area contributed by atoms with Crippen LogP contribution < -0.4 is 0 Å². The molecule has 4 saturated heterocycles. The van der Waals surface area contributed by atoms with Crippen molar-refractivity contribution in [1.29, 1.82) is 0 Å². The Morgan fingerprint density at radius 1 is 0.774 bits per heavy atom. The molecule has 8 N–H and O–H groups in total. The maximum atomic E-state index is 14.4. The van der Waals surface area contributed by atoms with Gasteiger partial charge in [0.1, 0.15) is 54.1 Å². The molecule has 23 atom stereocenters. The van der Waals surface area contributed by atoms with Gasteiger partial charge in [0, 0.05) is 37.3 Å². The summed E-state index contributed by atoms with van der Waals surface area (Å²) >= 11 is 0. The van der Waals surface area contributed by atoms with Gasteiger partial charge < -0.3 is 83.6 Å². The third kappa shape index (κ3) is 11.2. The fraction of sp³-hybridized carbons (Fsp3) is 0.953. The van der Waals surface area contributed by atoms with E-state index in [0.29, 0.717) is 6.42 Å². The van der Waals surface area contributed by atoms with Crippen molar-refractivity contribution >= 4 is 11.8 Å². The molecule has 0 radical (unpaired) electrons. The number of aliphatic hydroxyl groups excluding tert-OH is 6. The van der Waals surface area contributed by atoms with Crippen LogP contribution in [0.2, 0.25) is 0 Å². The summed E-state index contributed by atoms with van der Waals surface area (Å²) < 4.78 is 50.0. The third-order valence-electron chi connectivity index (χ3n) is 13.9. The Kier molecular flexibility index (Phi) is 18.0. The quantitative estimate of drug-likeness (QED) is 0.130. The number of hydrogen-bond acceptors (Lipinski definition) is 19. The Hall–Kier alpha value is -1.50. The fourth-order valence-electron chi connectivity index (χ4n) is 9.88. The lowest BCUT2D eigenvalue weighted by Gasteiger charge is -2.50. The van der Waals surface area contributed by atoms with E-state index < -0.39 is 157 Å². The largest absolute Gasteiger partial charge is 0.459 e. The SMILES string of the molecule is CCC1OC(=O)[C@H](C)C(O[C@H]2C[C@@](C)(OC)[C@@H](O)[C@H](C)O2)[C@H](C)[C@@H](O[C@@H]2O[C@H](C)C[C@H](N(C)C)[C@H]2O[C@@H]2O[C@H](CO)[C@@H](O)[C@H](O)[C@H]2O)[C@](C)(O)C[C@@H](C)C(=O)[C@H](C)[C@@H](O)[C@]1(C)O. The average molecular weight is 896 g/mol. The zero-order chi connectivity index (χ0) is 47.0. The van der Waals surface area contributed by atoms with Crippen molar-refractivity contribution in [2.45, 2.75) is 210 Å². The molecule has 0 aromatic carbocycles. The summed E-state index contributed by atoms with van der Waals surface area (Å²) in [5.41, 5.74) is -5.15. The number of aliphatic hydroxyl groups is 8. The van der Waals surface area contributed by atoms with Crippen molar-refractivity contribution in [1.82, 2.24) is 4.90 Å². The molecule has 0 amide bonds. The number of Topliss-reactive ketones (excluding diaryl/α,β-unsaturated/α-hetero) is 1. The highest BCUT2D eigenvalue weighted by molar-refractivity contribution is 5.83. The number of nitrogens with zero attached hydrogens (tertiary/aromatic N) is 1. The lowest BCUT2D eigenvalue weighted by atomic mass is 9.74. The molecule has 0 bridgehead atoms. The number of ether oxygens (including phenoxy) is 8. The van der Waals surface area contributed by atoms with Crippen LogP contribution >= 0.6 is 0 Å². The van der Waals surface area contributed by atoms with Gasteiger partial charge in [-0.25, -0.2) is 0 Å². The van der Waals surface area contributed by atoms with Crippen LogP contribution in [0.25, 0.3) is 0 Å². The standard InChI is InChI=1S/C43H77NO18/c1-14-27-43(10,54)35(50)21(4)29(46)19(2)16-41(8,53)37(22(5)33(23(6)38(52)59-27)60-28-17-42(9,55-13)36(51)24(7)57-28)62-40-34(25(44(11)12)15-20(3)56-40)61-39-32(49)31(48)30(47)26(18-45)58-39/h19-28,30-37,39-40,45,47-51,53-54H,14-18H2,1-13H3/t19-,20-,21+,22+,23-,24+,25+,26-,27?,28+,30-,31+,32-,33?,34-,35-,36+,37-,39+,40+,41-,42-,43-/m1/s1. The molecule has 4 rings (SSSR count). The molecule has 362 valence electrons. The maximum absolute atomic E-state index is 14.4. The Morgan fingerprint density at radius 3 is 1.97 bits per heavy atom. The van der Waals surface area contributed by atoms with E-state index in [-0.39, 0.29) is 19.3 Å². The molecule has 4 heterocycles. The Balaban J connectivity index is 1.88. The third-order valence-corrected chi connectivity index (χ3v) is 13.9. The molecular weight excluding hydrogens is 818 g/mol. The number of rotatable bonds is 10. The second-order valence-electron chi connectivity index (χ2n) is 19.3. The Labute approximate surface area is 365 Å². The van der Waals surface area contributed by atoms with E-state index in [4.69, 9.17) is 37.9 Å². The van der Waals surface area contributed by atoms with Crippen LogP contribution in [0, 0.1) is 23.7 Å². The number of carbonyl (C=O) groups excluding carboxylic acids is 2. The fourth-order valence-corrected chi connectivity index (χ4v) is 9.88. The number of carbonyl (C=O) groups is 2. The molecule has 19 heteroatoms. The van der Waals surface area contributed by atoms with E-state index in [1.807, 2.05) is 11.8 Å². The molecule has 2 unspecified atom stereocenters. The van der Waals surface area contributed by atoms with E-state index >= 15 is 0 Å². The first-order chi connectivity index (χ1) is 28.7. The summed E-state index contributed by atoms with van der Waals surface area (Å²) in [5.74, 6) is -5.57. The van der Waals surface area contributed by atoms with Crippen LogP contribution in [0.5, 0.6) is 0 Å².